The van der Waals surface area contributed by atoms with Crippen molar-refractivity contribution >= 4 is 22.8 Å². The smallest absolute Gasteiger partial charge is 0.420 e. The molecule has 0 spiro atoms. The van der Waals surface area contributed by atoms with Crippen LogP contribution in [0.15, 0.2) is 16.9 Å². The minimum atomic E-state index is -4.71. The first-order valence-electron chi connectivity index (χ1n) is 7.28. The standard InChI is InChI=1S/C14H15F3N4O3/c15-14(16,17)10-8(18)1-2-9-11(10)21(12(22)19-9)7-3-5-20(6-4-7)13(23)24/h1-2,7H,3-6,18H2,(H,19,22)(H,23,24). The molecule has 24 heavy (non-hydrogen) atoms. The van der Waals surface area contributed by atoms with Crippen LogP contribution in [-0.4, -0.2) is 38.7 Å². The summed E-state index contributed by atoms with van der Waals surface area (Å²) in [5.41, 5.74) is 3.13. The molecule has 1 amide bonds. The van der Waals surface area contributed by atoms with E-state index in [4.69, 9.17) is 10.8 Å². The van der Waals surface area contributed by atoms with E-state index in [0.29, 0.717) is 0 Å². The third-order valence-electron chi connectivity index (χ3n) is 4.30. The number of hydrogen-bond donors (Lipinski definition) is 3. The van der Waals surface area contributed by atoms with Gasteiger partial charge in [0, 0.05) is 24.8 Å². The second-order valence-corrected chi connectivity index (χ2v) is 5.72. The Morgan fingerprint density at radius 3 is 2.46 bits per heavy atom. The van der Waals surface area contributed by atoms with Crippen LogP contribution in [0, 0.1) is 0 Å². The summed E-state index contributed by atoms with van der Waals surface area (Å²) >= 11 is 0. The van der Waals surface area contributed by atoms with Gasteiger partial charge in [-0.05, 0) is 25.0 Å². The number of piperidine rings is 1. The number of likely N-dealkylation sites (tertiary alicyclic amines) is 1. The zero-order chi connectivity index (χ0) is 17.6. The monoisotopic (exact) mass is 344 g/mol. The number of nitrogens with one attached hydrogen (secondary N) is 1. The number of alkyl halides is 3. The Bertz CT molecular complexity index is 847. The Labute approximate surface area is 133 Å². The second-order valence-electron chi connectivity index (χ2n) is 5.72. The largest absolute Gasteiger partial charge is 0.465 e. The normalized spacial score (nSPS) is 16.7. The van der Waals surface area contributed by atoms with Gasteiger partial charge in [0.2, 0.25) is 0 Å². The number of imidazole rings is 1. The van der Waals surface area contributed by atoms with Crippen molar-refractivity contribution in [3.05, 3.63) is 28.2 Å². The molecular weight excluding hydrogens is 329 g/mol. The molecular formula is C14H15F3N4O3. The van der Waals surface area contributed by atoms with Crippen LogP contribution in [0.25, 0.3) is 11.0 Å². The maximum absolute atomic E-state index is 13.4. The van der Waals surface area contributed by atoms with Crippen LogP contribution in [-0.2, 0) is 6.18 Å². The van der Waals surface area contributed by atoms with E-state index in [9.17, 15) is 22.8 Å². The number of amides is 1. The highest BCUT2D eigenvalue weighted by Gasteiger charge is 2.38. The molecule has 0 atom stereocenters. The number of carbonyl (C=O) groups is 1. The van der Waals surface area contributed by atoms with Gasteiger partial charge in [0.1, 0.15) is 5.56 Å². The molecule has 0 radical (unpaired) electrons. The molecule has 0 unspecified atom stereocenters. The van der Waals surface area contributed by atoms with Crippen molar-refractivity contribution in [2.45, 2.75) is 25.1 Å². The lowest BCUT2D eigenvalue weighted by atomic mass is 10.0. The number of nitrogen functional groups attached to an aromatic ring is 1. The highest BCUT2D eigenvalue weighted by atomic mass is 19.4. The molecule has 1 aromatic heterocycles. The number of carboxylic acid groups (broad SMARTS) is 1. The average Bonchev–Trinajstić information content (AvgIpc) is 2.81. The molecule has 7 nitrogen and oxygen atoms in total. The molecule has 1 aliphatic heterocycles. The molecule has 1 fully saturated rings. The van der Waals surface area contributed by atoms with Gasteiger partial charge in [0.15, 0.2) is 0 Å². The summed E-state index contributed by atoms with van der Waals surface area (Å²) < 4.78 is 41.3. The van der Waals surface area contributed by atoms with E-state index >= 15 is 0 Å². The molecule has 0 aliphatic carbocycles. The van der Waals surface area contributed by atoms with E-state index in [1.807, 2.05) is 0 Å². The molecule has 130 valence electrons. The van der Waals surface area contributed by atoms with Crippen molar-refractivity contribution in [2.24, 2.45) is 0 Å². The number of H-pyrrole nitrogens is 1. The number of nitrogens with two attached hydrogens (primary N) is 1. The summed E-state index contributed by atoms with van der Waals surface area (Å²) in [5, 5.41) is 8.95. The zero-order valence-electron chi connectivity index (χ0n) is 12.4. The van der Waals surface area contributed by atoms with Gasteiger partial charge < -0.3 is 20.7 Å². The number of aromatic amines is 1. The van der Waals surface area contributed by atoms with Crippen molar-refractivity contribution in [2.75, 3.05) is 18.8 Å². The quantitative estimate of drug-likeness (QED) is 0.690. The predicted molar refractivity (Wildman–Crippen MR) is 79.8 cm³/mol. The fourth-order valence-corrected chi connectivity index (χ4v) is 3.20. The van der Waals surface area contributed by atoms with E-state index < -0.39 is 35.3 Å². The second kappa shape index (κ2) is 5.46. The summed E-state index contributed by atoms with van der Waals surface area (Å²) in [7, 11) is 0. The van der Waals surface area contributed by atoms with Crippen LogP contribution in [0.4, 0.5) is 23.7 Å². The van der Waals surface area contributed by atoms with Crippen LogP contribution < -0.4 is 11.4 Å². The Kier molecular flexibility index (Phi) is 3.69. The molecule has 1 aromatic carbocycles. The first-order valence-corrected chi connectivity index (χ1v) is 7.28. The van der Waals surface area contributed by atoms with E-state index in [-0.39, 0.29) is 37.0 Å². The van der Waals surface area contributed by atoms with Crippen LogP contribution in [0.3, 0.4) is 0 Å². The van der Waals surface area contributed by atoms with Crippen molar-refractivity contribution in [3.8, 4) is 0 Å². The maximum atomic E-state index is 13.4. The minimum absolute atomic E-state index is 0.0576. The molecule has 2 aromatic rings. The Hall–Kier alpha value is -2.65. The fraction of sp³-hybridized carbons (Fsp3) is 0.429. The van der Waals surface area contributed by atoms with E-state index in [0.717, 1.165) is 10.6 Å². The lowest BCUT2D eigenvalue weighted by molar-refractivity contribution is -0.135. The number of anilines is 1. The first-order chi connectivity index (χ1) is 11.2. The lowest BCUT2D eigenvalue weighted by Crippen LogP contribution is -2.39. The topological polar surface area (TPSA) is 104 Å². The summed E-state index contributed by atoms with van der Waals surface area (Å²) in [6.45, 7) is 0.311. The number of aromatic nitrogens is 2. The number of hydrogen-bond acceptors (Lipinski definition) is 3. The van der Waals surface area contributed by atoms with Gasteiger partial charge >= 0.3 is 18.0 Å². The van der Waals surface area contributed by atoms with Gasteiger partial charge in [0.05, 0.1) is 11.0 Å². The number of benzene rings is 1. The minimum Gasteiger partial charge on any atom is -0.465 e. The van der Waals surface area contributed by atoms with Crippen LogP contribution in [0.1, 0.15) is 24.4 Å². The molecule has 0 saturated carbocycles. The third kappa shape index (κ3) is 2.57. The maximum Gasteiger partial charge on any atom is 0.420 e. The highest BCUT2D eigenvalue weighted by molar-refractivity contribution is 5.85. The van der Waals surface area contributed by atoms with Crippen LogP contribution >= 0.6 is 0 Å². The first kappa shape index (κ1) is 16.2. The number of nitrogens with zero attached hydrogens (tertiary/aromatic N) is 2. The van der Waals surface area contributed by atoms with E-state index in [1.165, 1.54) is 11.0 Å². The summed E-state index contributed by atoms with van der Waals surface area (Å²) in [5.74, 6) is 0. The van der Waals surface area contributed by atoms with Gasteiger partial charge in [-0.15, -0.1) is 0 Å². The van der Waals surface area contributed by atoms with Crippen molar-refractivity contribution in [1.29, 1.82) is 0 Å². The van der Waals surface area contributed by atoms with Gasteiger partial charge in [-0.3, -0.25) is 4.57 Å². The summed E-state index contributed by atoms with van der Waals surface area (Å²) in [4.78, 5) is 26.8. The Morgan fingerprint density at radius 1 is 1.29 bits per heavy atom. The molecule has 1 saturated heterocycles. The average molecular weight is 344 g/mol. The molecule has 4 N–H and O–H groups in total. The third-order valence-corrected chi connectivity index (χ3v) is 4.30. The molecule has 1 aliphatic rings. The molecule has 3 rings (SSSR count). The van der Waals surface area contributed by atoms with Crippen LogP contribution in [0.2, 0.25) is 0 Å². The molecule has 10 heteroatoms. The van der Waals surface area contributed by atoms with E-state index in [1.54, 1.807) is 0 Å². The van der Waals surface area contributed by atoms with Gasteiger partial charge in [0.25, 0.3) is 0 Å². The SMILES string of the molecule is Nc1ccc2[nH]c(=O)n(C3CCN(C(=O)O)CC3)c2c1C(F)(F)F. The predicted octanol–water partition coefficient (Wildman–Crippen LogP) is 2.25. The van der Waals surface area contributed by atoms with Crippen LogP contribution in [0.5, 0.6) is 0 Å². The molecule has 2 heterocycles. The van der Waals surface area contributed by atoms with Crippen molar-refractivity contribution < 1.29 is 23.1 Å². The summed E-state index contributed by atoms with van der Waals surface area (Å²) in [6.07, 6.45) is -5.28. The summed E-state index contributed by atoms with van der Waals surface area (Å²) in [6, 6.07) is 1.92. The van der Waals surface area contributed by atoms with Gasteiger partial charge in [-0.25, -0.2) is 9.59 Å². The van der Waals surface area contributed by atoms with Gasteiger partial charge in [-0.1, -0.05) is 0 Å². The number of fused-ring (bicyclic) bond motifs is 1. The Balaban J connectivity index is 2.12. The van der Waals surface area contributed by atoms with Crippen molar-refractivity contribution in [1.82, 2.24) is 14.5 Å². The fourth-order valence-electron chi connectivity index (χ4n) is 3.20. The highest BCUT2D eigenvalue weighted by Crippen LogP contribution is 2.39. The molecule has 0 bridgehead atoms. The number of rotatable bonds is 1. The van der Waals surface area contributed by atoms with Crippen molar-refractivity contribution in [3.63, 3.8) is 0 Å². The lowest BCUT2D eigenvalue weighted by Gasteiger charge is -2.31. The van der Waals surface area contributed by atoms with E-state index in [2.05, 4.69) is 4.98 Å². The zero-order valence-corrected chi connectivity index (χ0v) is 12.4. The van der Waals surface area contributed by atoms with Gasteiger partial charge in [-0.2, -0.15) is 13.2 Å². The number of halogens is 3. The Morgan fingerprint density at radius 2 is 1.92 bits per heavy atom.